The Kier molecular flexibility index (Phi) is 11.7. The standard InChI is InChI=1S/C6H5NS.CN.Na/c7-3-1-6-2-4-8-5-6;1-2;/h2,4-5H,1H2;;/q;-1;+1. The summed E-state index contributed by atoms with van der Waals surface area (Å²) in [6, 6.07) is 4.04. The minimum absolute atomic E-state index is 0. The van der Waals surface area contributed by atoms with E-state index >= 15 is 0 Å². The van der Waals surface area contributed by atoms with Gasteiger partial charge in [-0.2, -0.15) is 16.6 Å². The van der Waals surface area contributed by atoms with E-state index in [1.54, 1.807) is 11.3 Å². The average molecular weight is 172 g/mol. The van der Waals surface area contributed by atoms with Crippen molar-refractivity contribution < 1.29 is 29.6 Å². The van der Waals surface area contributed by atoms with Gasteiger partial charge in [0.15, 0.2) is 0 Å². The molecule has 0 N–H and O–H groups in total. The van der Waals surface area contributed by atoms with E-state index in [2.05, 4.69) is 6.07 Å². The van der Waals surface area contributed by atoms with Crippen molar-refractivity contribution in [3.8, 4) is 6.07 Å². The molecule has 0 aromatic carbocycles. The van der Waals surface area contributed by atoms with Crippen molar-refractivity contribution in [3.05, 3.63) is 29.0 Å². The number of hydrogen-bond donors (Lipinski definition) is 0. The van der Waals surface area contributed by atoms with Crippen molar-refractivity contribution in [1.82, 2.24) is 0 Å². The minimum atomic E-state index is 0. The largest absolute Gasteiger partial charge is 1.00 e. The third kappa shape index (κ3) is 6.09. The smallest absolute Gasteiger partial charge is 0.512 e. The first-order chi connectivity index (χ1) is 4.93. The average Bonchev–Trinajstić information content (AvgIpc) is 2.46. The second kappa shape index (κ2) is 9.68. The van der Waals surface area contributed by atoms with Crippen LogP contribution >= 0.6 is 11.3 Å². The van der Waals surface area contributed by atoms with Crippen molar-refractivity contribution in [2.45, 2.75) is 6.42 Å². The van der Waals surface area contributed by atoms with Gasteiger partial charge in [-0.1, -0.05) is 0 Å². The Morgan fingerprint density at radius 2 is 2.18 bits per heavy atom. The first-order valence-corrected chi connectivity index (χ1v) is 3.48. The van der Waals surface area contributed by atoms with E-state index in [4.69, 9.17) is 17.1 Å². The maximum Gasteiger partial charge on any atom is 1.00 e. The van der Waals surface area contributed by atoms with Gasteiger partial charge in [0, 0.05) is 0 Å². The summed E-state index contributed by atoms with van der Waals surface area (Å²) >= 11 is 1.63. The van der Waals surface area contributed by atoms with Gasteiger partial charge in [0.2, 0.25) is 0 Å². The molecule has 1 aromatic rings. The van der Waals surface area contributed by atoms with Crippen LogP contribution in [0.4, 0.5) is 0 Å². The molecule has 1 aromatic heterocycles. The molecule has 11 heavy (non-hydrogen) atoms. The van der Waals surface area contributed by atoms with Gasteiger partial charge in [0.25, 0.3) is 0 Å². The van der Waals surface area contributed by atoms with E-state index in [1.807, 2.05) is 16.8 Å². The zero-order valence-corrected chi connectivity index (χ0v) is 9.06. The van der Waals surface area contributed by atoms with Crippen molar-refractivity contribution >= 4 is 11.3 Å². The van der Waals surface area contributed by atoms with E-state index in [9.17, 15) is 0 Å². The summed E-state index contributed by atoms with van der Waals surface area (Å²) in [6.45, 7) is 4.75. The Morgan fingerprint density at radius 1 is 1.55 bits per heavy atom. The molecule has 0 saturated carbocycles. The van der Waals surface area contributed by atoms with Crippen molar-refractivity contribution in [1.29, 1.82) is 10.5 Å². The van der Waals surface area contributed by atoms with Crippen molar-refractivity contribution in [2.24, 2.45) is 0 Å². The Hall–Kier alpha value is -0.320. The number of nitriles is 1. The second-order valence-corrected chi connectivity index (χ2v) is 2.25. The molecule has 1 heterocycles. The van der Waals surface area contributed by atoms with E-state index in [1.165, 1.54) is 0 Å². The van der Waals surface area contributed by atoms with Gasteiger partial charge in [-0.15, -0.1) is 0 Å². The summed E-state index contributed by atoms with van der Waals surface area (Å²) in [5.41, 5.74) is 1.12. The third-order valence-corrected chi connectivity index (χ3v) is 1.60. The van der Waals surface area contributed by atoms with E-state index in [0.717, 1.165) is 5.56 Å². The molecule has 0 atom stereocenters. The van der Waals surface area contributed by atoms with Gasteiger partial charge in [0.05, 0.1) is 12.5 Å². The van der Waals surface area contributed by atoms with Crippen LogP contribution in [0.3, 0.4) is 0 Å². The Balaban J connectivity index is 0. The molecular formula is C7H5N2NaS. The van der Waals surface area contributed by atoms with Gasteiger partial charge in [-0.25, -0.2) is 0 Å². The monoisotopic (exact) mass is 172 g/mol. The predicted octanol–water partition coefficient (Wildman–Crippen LogP) is -1.09. The zero-order chi connectivity index (χ0) is 7.82. The first-order valence-electron chi connectivity index (χ1n) is 2.54. The quantitative estimate of drug-likeness (QED) is 0.399. The van der Waals surface area contributed by atoms with Gasteiger partial charge in [-0.3, -0.25) is 0 Å². The van der Waals surface area contributed by atoms with Crippen LogP contribution in [0.1, 0.15) is 5.56 Å². The maximum atomic E-state index is 8.19. The fraction of sp³-hybridized carbons (Fsp3) is 0.143. The fourth-order valence-corrected chi connectivity index (χ4v) is 1.15. The van der Waals surface area contributed by atoms with Gasteiger partial charge in [0.1, 0.15) is 0 Å². The predicted molar refractivity (Wildman–Crippen MR) is 38.6 cm³/mol. The molecule has 0 radical (unpaired) electrons. The molecule has 0 saturated heterocycles. The molecule has 0 spiro atoms. The van der Waals surface area contributed by atoms with Crippen molar-refractivity contribution in [3.63, 3.8) is 0 Å². The number of rotatable bonds is 1. The fourth-order valence-electron chi connectivity index (χ4n) is 0.485. The molecule has 2 nitrogen and oxygen atoms in total. The number of thiophene rings is 1. The van der Waals surface area contributed by atoms with Crippen LogP contribution in [0, 0.1) is 23.2 Å². The molecule has 1 rings (SSSR count). The topological polar surface area (TPSA) is 47.6 Å². The summed E-state index contributed by atoms with van der Waals surface area (Å²) in [6.07, 6.45) is 0.545. The van der Waals surface area contributed by atoms with Crippen LogP contribution < -0.4 is 29.6 Å². The van der Waals surface area contributed by atoms with Crippen LogP contribution in [-0.2, 0) is 6.42 Å². The molecule has 0 aliphatic heterocycles. The van der Waals surface area contributed by atoms with Crippen molar-refractivity contribution in [2.75, 3.05) is 0 Å². The summed E-state index contributed by atoms with van der Waals surface area (Å²) in [5, 5.41) is 18.4. The second-order valence-electron chi connectivity index (χ2n) is 1.47. The van der Waals surface area contributed by atoms with Gasteiger partial charge < -0.3 is 11.8 Å². The summed E-state index contributed by atoms with van der Waals surface area (Å²) in [5.74, 6) is 0. The minimum Gasteiger partial charge on any atom is -0.512 e. The van der Waals surface area contributed by atoms with Crippen LogP contribution in [0.25, 0.3) is 0 Å². The van der Waals surface area contributed by atoms with Crippen LogP contribution in [0.2, 0.25) is 0 Å². The SMILES string of the molecule is N#CCc1ccsc1.[C-]#N.[Na+]. The molecule has 0 aliphatic carbocycles. The molecule has 0 unspecified atom stereocenters. The van der Waals surface area contributed by atoms with Gasteiger partial charge in [-0.05, 0) is 22.4 Å². The van der Waals surface area contributed by atoms with Crippen LogP contribution in [0.15, 0.2) is 16.8 Å². The number of hydrogen-bond acceptors (Lipinski definition) is 3. The Labute approximate surface area is 92.4 Å². The van der Waals surface area contributed by atoms with E-state index in [-0.39, 0.29) is 29.6 Å². The first kappa shape index (κ1) is 13.3. The molecule has 0 bridgehead atoms. The summed E-state index contributed by atoms with van der Waals surface area (Å²) < 4.78 is 0. The summed E-state index contributed by atoms with van der Waals surface area (Å²) in [7, 11) is 0. The molecule has 4 heteroatoms. The van der Waals surface area contributed by atoms with Crippen LogP contribution in [0.5, 0.6) is 0 Å². The van der Waals surface area contributed by atoms with Gasteiger partial charge >= 0.3 is 29.6 Å². The molecule has 0 amide bonds. The Morgan fingerprint density at radius 3 is 2.55 bits per heavy atom. The Bertz CT molecular complexity index is 222. The number of nitrogens with zero attached hydrogens (tertiary/aromatic N) is 2. The van der Waals surface area contributed by atoms with E-state index in [0.29, 0.717) is 6.42 Å². The molecule has 0 fully saturated rings. The molecular weight excluding hydrogens is 167 g/mol. The maximum absolute atomic E-state index is 8.19. The molecule has 0 aliphatic rings. The summed E-state index contributed by atoms with van der Waals surface area (Å²) in [4.78, 5) is 0. The van der Waals surface area contributed by atoms with Crippen LogP contribution in [-0.4, -0.2) is 0 Å². The normalized spacial score (nSPS) is 6.27. The zero-order valence-electron chi connectivity index (χ0n) is 6.24. The van der Waals surface area contributed by atoms with E-state index < -0.39 is 0 Å². The third-order valence-electron chi connectivity index (χ3n) is 0.863. The molecule has 50 valence electrons.